The van der Waals surface area contributed by atoms with Gasteiger partial charge >= 0.3 is 31.7 Å². The number of aliphatic carboxylic acids is 1. The number of anilines is 1. The minimum Gasteiger partial charge on any atom is -0.481 e. The fraction of sp³-hybridized carbons (Fsp3) is 0.233. The molecule has 0 fully saturated rings. The van der Waals surface area contributed by atoms with E-state index in [0.29, 0.717) is 23.1 Å². The van der Waals surface area contributed by atoms with Crippen molar-refractivity contribution in [3.63, 3.8) is 0 Å². The molecule has 0 saturated carbocycles. The molecule has 0 unspecified atom stereocenters. The molecule has 2 aromatic heterocycles. The number of benzene rings is 2. The summed E-state index contributed by atoms with van der Waals surface area (Å²) in [5, 5.41) is 34.1. The number of rotatable bonds is 15. The van der Waals surface area contributed by atoms with Crippen LogP contribution in [0.3, 0.4) is 0 Å². The number of halogens is 5. The second-order valence-electron chi connectivity index (χ2n) is 11.8. The third-order valence-electron chi connectivity index (χ3n) is 6.74. The monoisotopic (exact) mass is 1030 g/mol. The Balaban J connectivity index is 0.000000371. The van der Waals surface area contributed by atoms with Crippen LogP contribution in [0.5, 0.6) is 23.3 Å². The number of methoxy groups -OCH3 is 2. The quantitative estimate of drug-likeness (QED) is 0.0482. The molecule has 0 atom stereocenters. The summed E-state index contributed by atoms with van der Waals surface area (Å²) in [6, 6.07) is 5.16. The van der Waals surface area contributed by atoms with Gasteiger partial charge in [-0.25, -0.2) is 27.5 Å². The number of nitro benzene ring substituents is 1. The number of nitrogens with zero attached hydrogens (tertiary/aromatic N) is 5. The van der Waals surface area contributed by atoms with Gasteiger partial charge < -0.3 is 34.2 Å². The molecule has 4 aromatic rings. The largest absolute Gasteiger partial charge is 0.481 e. The second-order valence-corrected chi connectivity index (χ2v) is 17.5. The Morgan fingerprint density at radius 3 is 2.00 bits per heavy atom. The highest BCUT2D eigenvalue weighted by Gasteiger charge is 2.33. The normalized spacial score (nSPS) is 11.4. The van der Waals surface area contributed by atoms with Crippen molar-refractivity contribution in [3.05, 3.63) is 79.4 Å². The van der Waals surface area contributed by atoms with Crippen molar-refractivity contribution >= 4 is 86.4 Å². The van der Waals surface area contributed by atoms with Crippen LogP contribution in [0.1, 0.15) is 26.3 Å². The molecule has 8 N–H and O–H groups in total. The Bertz CT molecular complexity index is 2720. The predicted octanol–water partition coefficient (Wildman–Crippen LogP) is 2.63. The number of carboxylic acid groups (broad SMARTS) is 2. The number of aromatic carboxylic acids is 1. The van der Waals surface area contributed by atoms with E-state index in [0.717, 1.165) is 31.3 Å². The van der Waals surface area contributed by atoms with Crippen LogP contribution >= 0.6 is 30.8 Å². The van der Waals surface area contributed by atoms with Crippen molar-refractivity contribution in [1.82, 2.24) is 34.5 Å². The van der Waals surface area contributed by atoms with Crippen molar-refractivity contribution in [2.24, 2.45) is 7.05 Å². The van der Waals surface area contributed by atoms with E-state index in [1.807, 2.05) is 0 Å². The highest BCUT2D eigenvalue weighted by atomic mass is 35.5. The van der Waals surface area contributed by atoms with E-state index in [1.165, 1.54) is 20.3 Å². The van der Waals surface area contributed by atoms with Crippen LogP contribution in [-0.2, 0) is 42.6 Å². The van der Waals surface area contributed by atoms with E-state index in [1.54, 1.807) is 9.44 Å². The zero-order chi connectivity index (χ0) is 49.8. The fourth-order valence-electron chi connectivity index (χ4n) is 4.27. The number of urea groups is 1. The number of hydrogen-bond donors (Lipinski definition) is 8. The lowest BCUT2D eigenvalue weighted by molar-refractivity contribution is -0.385. The van der Waals surface area contributed by atoms with Gasteiger partial charge in [0.15, 0.2) is 10.2 Å². The SMILES string of the molecule is COc1cc(OC)nc(NC(=O)NS(=O)(=O)c2c(C(=O)O)c(Cl)nn2C)n1.CS(=O)(=O)NC(=O)c1cc(Oc2ccc(C(F)(F)F)cc2Cl)ccc1[N+](=O)[O-].O=C(O)CNCP(=O)(O)O. The van der Waals surface area contributed by atoms with Crippen LogP contribution in [0.15, 0.2) is 47.5 Å². The van der Waals surface area contributed by atoms with Gasteiger partial charge in [-0.15, -0.1) is 0 Å². The molecule has 356 valence electrons. The molecule has 2 aromatic carbocycles. The zero-order valence-corrected chi connectivity index (χ0v) is 36.9. The molecule has 0 radical (unpaired) electrons. The van der Waals surface area contributed by atoms with Gasteiger partial charge in [-0.1, -0.05) is 23.2 Å². The summed E-state index contributed by atoms with van der Waals surface area (Å²) in [7, 11) is -8.96. The number of hydrogen-bond acceptors (Lipinski definition) is 18. The summed E-state index contributed by atoms with van der Waals surface area (Å²) in [6.45, 7) is -0.439. The Kier molecular flexibility index (Phi) is 18.9. The predicted molar refractivity (Wildman–Crippen MR) is 214 cm³/mol. The molecule has 0 aliphatic rings. The number of sulfonamides is 2. The van der Waals surface area contributed by atoms with Crippen LogP contribution in [0.2, 0.25) is 10.2 Å². The maximum atomic E-state index is 12.7. The Labute approximate surface area is 372 Å². The van der Waals surface area contributed by atoms with Crippen molar-refractivity contribution < 1.29 is 92.9 Å². The number of alkyl halides is 3. The molecule has 35 heteroatoms. The molecule has 0 bridgehead atoms. The van der Waals surface area contributed by atoms with E-state index in [2.05, 4.69) is 25.7 Å². The van der Waals surface area contributed by atoms with E-state index >= 15 is 0 Å². The lowest BCUT2D eigenvalue weighted by Crippen LogP contribution is -2.36. The van der Waals surface area contributed by atoms with E-state index in [4.69, 9.17) is 57.4 Å². The van der Waals surface area contributed by atoms with Gasteiger partial charge in [0.2, 0.25) is 27.7 Å². The van der Waals surface area contributed by atoms with E-state index in [-0.39, 0.29) is 29.2 Å². The van der Waals surface area contributed by atoms with Crippen LogP contribution in [0, 0.1) is 10.1 Å². The summed E-state index contributed by atoms with van der Waals surface area (Å²) in [5.41, 5.74) is -3.12. The Hall–Kier alpha value is -6.41. The van der Waals surface area contributed by atoms with Gasteiger partial charge in [0.1, 0.15) is 22.6 Å². The number of aromatic nitrogens is 4. The van der Waals surface area contributed by atoms with Crippen molar-refractivity contribution in [2.45, 2.75) is 11.2 Å². The number of nitrogens with one attached hydrogen (secondary N) is 4. The van der Waals surface area contributed by atoms with Crippen LogP contribution < -0.4 is 34.3 Å². The number of amides is 3. The lowest BCUT2D eigenvalue weighted by atomic mass is 10.1. The van der Waals surface area contributed by atoms with Gasteiger partial charge in [0.25, 0.3) is 21.6 Å². The number of nitro groups is 1. The second kappa shape index (κ2) is 22.5. The minimum atomic E-state index is -4.64. The average molecular weight is 1030 g/mol. The third kappa shape index (κ3) is 17.6. The topological polar surface area (TPSA) is 397 Å². The van der Waals surface area contributed by atoms with Crippen molar-refractivity contribution in [2.75, 3.05) is 38.6 Å². The fourth-order valence-corrected chi connectivity index (χ4v) is 6.91. The maximum absolute atomic E-state index is 12.7. The van der Waals surface area contributed by atoms with Gasteiger partial charge in [-0.2, -0.15) is 36.7 Å². The molecule has 0 aliphatic heterocycles. The first-order chi connectivity index (χ1) is 29.8. The van der Waals surface area contributed by atoms with Crippen molar-refractivity contribution in [3.8, 4) is 23.3 Å². The number of aryl methyl sites for hydroxylation is 1. The molecule has 27 nitrogen and oxygen atoms in total. The summed E-state index contributed by atoms with van der Waals surface area (Å²) < 4.78 is 114. The smallest absolute Gasteiger partial charge is 0.416 e. The van der Waals surface area contributed by atoms with E-state index in [9.17, 15) is 63.9 Å². The summed E-state index contributed by atoms with van der Waals surface area (Å²) in [5.74, 6) is -4.68. The van der Waals surface area contributed by atoms with Crippen molar-refractivity contribution in [1.29, 1.82) is 0 Å². The molecule has 0 aliphatic carbocycles. The average Bonchev–Trinajstić information content (AvgIpc) is 3.48. The molecular formula is C30H31Cl2F3N9O18PS2. The molecule has 0 spiro atoms. The number of ether oxygens (including phenoxy) is 3. The standard InChI is InChI=1S/C15H10ClF3N2O6S.C12H13ClN6O7S.C3H8NO5P/c1-28(25,26)20-14(22)10-7-9(3-4-12(10)21(23)24)27-13-5-2-8(6-11(13)16)15(17,18)19;1-19-9(7(10(20)21)8(13)17-19)27(23,24)18-12(22)16-11-14-5(25-2)4-6(15-11)26-3;5-3(6)1-4-2-10(7,8)9/h2-7H,1H3,(H,20,22);4H,1-3H3,(H,20,21)(H2,14,15,16,18,22);4H,1-2H2,(H,5,6)(H2,7,8,9). The number of carbonyl (C=O) groups is 4. The van der Waals surface area contributed by atoms with Gasteiger partial charge in [0.05, 0.1) is 54.9 Å². The highest BCUT2D eigenvalue weighted by Crippen LogP contribution is 2.37. The molecule has 65 heavy (non-hydrogen) atoms. The number of carboxylic acids is 2. The summed E-state index contributed by atoms with van der Waals surface area (Å²) in [4.78, 5) is 79.2. The van der Waals surface area contributed by atoms with Gasteiger partial charge in [-0.05, 0) is 24.3 Å². The maximum Gasteiger partial charge on any atom is 0.416 e. The molecule has 3 amide bonds. The number of carbonyl (C=O) groups excluding carboxylic acids is 2. The Morgan fingerprint density at radius 1 is 0.954 bits per heavy atom. The Morgan fingerprint density at radius 2 is 1.54 bits per heavy atom. The molecule has 2 heterocycles. The van der Waals surface area contributed by atoms with Crippen LogP contribution in [-0.4, -0.2) is 119 Å². The lowest BCUT2D eigenvalue weighted by Gasteiger charge is -2.12. The van der Waals surface area contributed by atoms with Crippen LogP contribution in [0.25, 0.3) is 0 Å². The first kappa shape index (κ1) is 54.7. The third-order valence-corrected chi connectivity index (χ3v) is 9.92. The molecular weight excluding hydrogens is 997 g/mol. The summed E-state index contributed by atoms with van der Waals surface area (Å²) >= 11 is 11.4. The zero-order valence-electron chi connectivity index (χ0n) is 32.8. The molecule has 4 rings (SSSR count). The van der Waals surface area contributed by atoms with Gasteiger partial charge in [-0.3, -0.25) is 39.6 Å². The highest BCUT2D eigenvalue weighted by molar-refractivity contribution is 7.90. The van der Waals surface area contributed by atoms with E-state index < -0.39 is 113 Å². The summed E-state index contributed by atoms with van der Waals surface area (Å²) in [6.07, 6.45) is -4.54. The van der Waals surface area contributed by atoms with Gasteiger partial charge in [0, 0.05) is 19.2 Å². The molecule has 0 saturated heterocycles. The van der Waals surface area contributed by atoms with Crippen LogP contribution in [0.4, 0.5) is 29.6 Å². The first-order valence-electron chi connectivity index (χ1n) is 16.4. The minimum absolute atomic E-state index is 0.0478. The first-order valence-corrected chi connectivity index (χ1v) is 22.3.